The Balaban J connectivity index is 1.79. The zero-order chi connectivity index (χ0) is 14.9. The standard InChI is InChI=1S/C15H18N2O3S/c1-2-15(14(18)19)6-4-7-17(15)10-11-9-12(20-16-11)13-5-3-8-21-13/h3,5,8-9H,2,4,6-7,10H2,1H3,(H,18,19). The first-order chi connectivity index (χ1) is 10.2. The second kappa shape index (κ2) is 5.61. The number of carboxylic acid groups (broad SMARTS) is 1. The zero-order valence-electron chi connectivity index (χ0n) is 11.9. The molecule has 1 N–H and O–H groups in total. The Hall–Kier alpha value is -1.66. The Bertz CT molecular complexity index is 623. The van der Waals surface area contributed by atoms with Gasteiger partial charge in [0.2, 0.25) is 0 Å². The van der Waals surface area contributed by atoms with Gasteiger partial charge < -0.3 is 9.63 Å². The minimum Gasteiger partial charge on any atom is -0.480 e. The van der Waals surface area contributed by atoms with Gasteiger partial charge in [-0.05, 0) is 37.3 Å². The SMILES string of the molecule is CCC1(C(=O)O)CCCN1Cc1cc(-c2cccs2)on1. The molecule has 0 aromatic carbocycles. The summed E-state index contributed by atoms with van der Waals surface area (Å²) in [6.07, 6.45) is 2.22. The van der Waals surface area contributed by atoms with Gasteiger partial charge in [0.1, 0.15) is 5.54 Å². The molecule has 1 fully saturated rings. The summed E-state index contributed by atoms with van der Waals surface area (Å²) >= 11 is 1.60. The van der Waals surface area contributed by atoms with Crippen LogP contribution in [0.3, 0.4) is 0 Å². The molecular formula is C15H18N2O3S. The van der Waals surface area contributed by atoms with E-state index in [1.165, 1.54) is 0 Å². The molecule has 1 atom stereocenters. The average Bonchev–Trinajstić information content (AvgIpc) is 3.19. The van der Waals surface area contributed by atoms with E-state index in [-0.39, 0.29) is 0 Å². The van der Waals surface area contributed by atoms with Gasteiger partial charge in [0.25, 0.3) is 0 Å². The summed E-state index contributed by atoms with van der Waals surface area (Å²) in [7, 11) is 0. The molecule has 0 saturated carbocycles. The number of aliphatic carboxylic acids is 1. The highest BCUT2D eigenvalue weighted by Gasteiger charge is 2.46. The number of nitrogens with zero attached hydrogens (tertiary/aromatic N) is 2. The Morgan fingerprint density at radius 1 is 1.62 bits per heavy atom. The van der Waals surface area contributed by atoms with Crippen molar-refractivity contribution in [1.29, 1.82) is 0 Å². The number of likely N-dealkylation sites (tertiary alicyclic amines) is 1. The van der Waals surface area contributed by atoms with E-state index in [0.717, 1.165) is 29.3 Å². The predicted octanol–water partition coefficient (Wildman–Crippen LogP) is 3.23. The fourth-order valence-electron chi connectivity index (χ4n) is 3.08. The normalized spacial score (nSPS) is 22.7. The quantitative estimate of drug-likeness (QED) is 0.918. The fraction of sp³-hybridized carbons (Fsp3) is 0.467. The Morgan fingerprint density at radius 2 is 2.48 bits per heavy atom. The van der Waals surface area contributed by atoms with Crippen molar-refractivity contribution < 1.29 is 14.4 Å². The van der Waals surface area contributed by atoms with Crippen molar-refractivity contribution in [2.75, 3.05) is 6.54 Å². The summed E-state index contributed by atoms with van der Waals surface area (Å²) in [5.74, 6) is 0.0149. The lowest BCUT2D eigenvalue weighted by Gasteiger charge is -2.33. The van der Waals surface area contributed by atoms with Gasteiger partial charge in [-0.25, -0.2) is 0 Å². The number of rotatable bonds is 5. The second-order valence-electron chi connectivity index (χ2n) is 5.38. The molecule has 3 rings (SSSR count). The lowest BCUT2D eigenvalue weighted by molar-refractivity contribution is -0.150. The van der Waals surface area contributed by atoms with Gasteiger partial charge in [0.05, 0.1) is 10.6 Å². The van der Waals surface area contributed by atoms with E-state index < -0.39 is 11.5 Å². The van der Waals surface area contributed by atoms with Gasteiger partial charge >= 0.3 is 5.97 Å². The van der Waals surface area contributed by atoms with Gasteiger partial charge in [-0.3, -0.25) is 9.69 Å². The van der Waals surface area contributed by atoms with Crippen LogP contribution < -0.4 is 0 Å². The predicted molar refractivity (Wildman–Crippen MR) is 80.1 cm³/mol. The molecular weight excluding hydrogens is 288 g/mol. The fourth-order valence-corrected chi connectivity index (χ4v) is 3.75. The molecule has 1 aliphatic rings. The van der Waals surface area contributed by atoms with Crippen molar-refractivity contribution in [3.8, 4) is 10.6 Å². The van der Waals surface area contributed by atoms with E-state index in [0.29, 0.717) is 19.4 Å². The number of hydrogen-bond donors (Lipinski definition) is 1. The van der Waals surface area contributed by atoms with E-state index in [2.05, 4.69) is 5.16 Å². The molecule has 0 aliphatic carbocycles. The molecule has 21 heavy (non-hydrogen) atoms. The summed E-state index contributed by atoms with van der Waals surface area (Å²) in [5.41, 5.74) is 0.0431. The molecule has 0 spiro atoms. The van der Waals surface area contributed by atoms with Crippen molar-refractivity contribution in [3.05, 3.63) is 29.3 Å². The summed E-state index contributed by atoms with van der Waals surface area (Å²) in [6, 6.07) is 5.86. The lowest BCUT2D eigenvalue weighted by Crippen LogP contribution is -2.49. The minimum absolute atomic E-state index is 0.523. The highest BCUT2D eigenvalue weighted by Crippen LogP contribution is 2.34. The highest BCUT2D eigenvalue weighted by molar-refractivity contribution is 7.13. The van der Waals surface area contributed by atoms with Gasteiger partial charge in [-0.2, -0.15) is 0 Å². The van der Waals surface area contributed by atoms with Gasteiger partial charge in [-0.1, -0.05) is 18.1 Å². The molecule has 0 radical (unpaired) electrons. The van der Waals surface area contributed by atoms with Crippen LogP contribution in [0.1, 0.15) is 31.9 Å². The van der Waals surface area contributed by atoms with Crippen molar-refractivity contribution >= 4 is 17.3 Å². The summed E-state index contributed by atoms with van der Waals surface area (Å²) in [6.45, 7) is 3.25. The van der Waals surface area contributed by atoms with Gasteiger partial charge in [0, 0.05) is 12.6 Å². The van der Waals surface area contributed by atoms with Crippen LogP contribution in [0.5, 0.6) is 0 Å². The molecule has 6 heteroatoms. The minimum atomic E-state index is -0.748. The number of thiophene rings is 1. The highest BCUT2D eigenvalue weighted by atomic mass is 32.1. The summed E-state index contributed by atoms with van der Waals surface area (Å²) in [4.78, 5) is 14.7. The Labute approximate surface area is 127 Å². The lowest BCUT2D eigenvalue weighted by atomic mass is 9.93. The largest absolute Gasteiger partial charge is 0.480 e. The van der Waals surface area contributed by atoms with Crippen LogP contribution in [0, 0.1) is 0 Å². The van der Waals surface area contributed by atoms with E-state index in [9.17, 15) is 9.90 Å². The first-order valence-electron chi connectivity index (χ1n) is 7.13. The van der Waals surface area contributed by atoms with Crippen LogP contribution in [0.15, 0.2) is 28.1 Å². The maximum Gasteiger partial charge on any atom is 0.324 e. The molecule has 112 valence electrons. The van der Waals surface area contributed by atoms with Crippen molar-refractivity contribution in [2.24, 2.45) is 0 Å². The Morgan fingerprint density at radius 3 is 3.14 bits per heavy atom. The molecule has 0 bridgehead atoms. The summed E-state index contributed by atoms with van der Waals surface area (Å²) < 4.78 is 5.37. The third-order valence-electron chi connectivity index (χ3n) is 4.28. The van der Waals surface area contributed by atoms with E-state index >= 15 is 0 Å². The van der Waals surface area contributed by atoms with Crippen LogP contribution in [0.4, 0.5) is 0 Å². The number of aromatic nitrogens is 1. The van der Waals surface area contributed by atoms with Crippen LogP contribution in [-0.2, 0) is 11.3 Å². The molecule has 2 aromatic heterocycles. The number of carboxylic acids is 1. The molecule has 2 aromatic rings. The molecule has 0 amide bonds. The first-order valence-corrected chi connectivity index (χ1v) is 8.01. The van der Waals surface area contributed by atoms with Crippen LogP contribution in [-0.4, -0.2) is 33.2 Å². The number of carbonyl (C=O) groups is 1. The van der Waals surface area contributed by atoms with Crippen LogP contribution in [0.2, 0.25) is 0 Å². The van der Waals surface area contributed by atoms with Crippen LogP contribution in [0.25, 0.3) is 10.6 Å². The number of hydrogen-bond acceptors (Lipinski definition) is 5. The smallest absolute Gasteiger partial charge is 0.324 e. The maximum atomic E-state index is 11.7. The molecule has 3 heterocycles. The monoisotopic (exact) mass is 306 g/mol. The van der Waals surface area contributed by atoms with Gasteiger partial charge in [-0.15, -0.1) is 11.3 Å². The molecule has 1 saturated heterocycles. The molecule has 5 nitrogen and oxygen atoms in total. The van der Waals surface area contributed by atoms with Gasteiger partial charge in [0.15, 0.2) is 5.76 Å². The van der Waals surface area contributed by atoms with Crippen molar-refractivity contribution in [2.45, 2.75) is 38.3 Å². The molecule has 1 aliphatic heterocycles. The summed E-state index contributed by atoms with van der Waals surface area (Å²) in [5, 5.41) is 15.7. The average molecular weight is 306 g/mol. The van der Waals surface area contributed by atoms with Crippen molar-refractivity contribution in [1.82, 2.24) is 10.1 Å². The first kappa shape index (κ1) is 14.3. The van der Waals surface area contributed by atoms with E-state index in [1.807, 2.05) is 35.4 Å². The molecule has 1 unspecified atom stereocenters. The van der Waals surface area contributed by atoms with E-state index in [4.69, 9.17) is 4.52 Å². The van der Waals surface area contributed by atoms with E-state index in [1.54, 1.807) is 11.3 Å². The maximum absolute atomic E-state index is 11.7. The van der Waals surface area contributed by atoms with Crippen molar-refractivity contribution in [3.63, 3.8) is 0 Å². The Kier molecular flexibility index (Phi) is 3.82. The second-order valence-corrected chi connectivity index (χ2v) is 6.32. The zero-order valence-corrected chi connectivity index (χ0v) is 12.7. The topological polar surface area (TPSA) is 66.6 Å². The third kappa shape index (κ3) is 2.49. The van der Waals surface area contributed by atoms with Crippen LogP contribution >= 0.6 is 11.3 Å². The third-order valence-corrected chi connectivity index (χ3v) is 5.17.